The van der Waals surface area contributed by atoms with Gasteiger partial charge in [-0.25, -0.2) is 4.98 Å². The molecule has 0 spiro atoms. The predicted octanol–water partition coefficient (Wildman–Crippen LogP) is 2.77. The van der Waals surface area contributed by atoms with Crippen LogP contribution in [0, 0.1) is 0 Å². The number of aromatic nitrogens is 5. The monoisotopic (exact) mass is 350 g/mol. The van der Waals surface area contributed by atoms with E-state index in [1.54, 1.807) is 23.1 Å². The number of thioether (sulfide) groups is 1. The molecule has 0 saturated heterocycles. The molecule has 3 rings (SSSR count). The number of halogens is 1. The van der Waals surface area contributed by atoms with Gasteiger partial charge in [-0.05, 0) is 34.3 Å². The molecular weight excluding hydrogens is 340 g/mol. The normalized spacial score (nSPS) is 10.9. The average Bonchev–Trinajstić information content (AvgIpc) is 2.88. The number of anilines is 2. The third-order valence-corrected chi connectivity index (χ3v) is 3.91. The lowest BCUT2D eigenvalue weighted by atomic mass is 10.4. The average molecular weight is 351 g/mol. The largest absolute Gasteiger partial charge is 0.312 e. The fraction of sp³-hybridized carbons (Fsp3) is 0.167. The molecule has 3 heterocycles. The molecule has 20 heavy (non-hydrogen) atoms. The van der Waals surface area contributed by atoms with Gasteiger partial charge in [0.25, 0.3) is 0 Å². The van der Waals surface area contributed by atoms with Gasteiger partial charge < -0.3 is 4.90 Å². The van der Waals surface area contributed by atoms with Crippen LogP contribution >= 0.6 is 27.7 Å². The van der Waals surface area contributed by atoms with Gasteiger partial charge in [-0.15, -0.1) is 0 Å². The molecule has 0 amide bonds. The molecule has 3 aromatic rings. The van der Waals surface area contributed by atoms with Crippen molar-refractivity contribution >= 4 is 45.0 Å². The highest BCUT2D eigenvalue weighted by Crippen LogP contribution is 2.26. The highest BCUT2D eigenvalue weighted by atomic mass is 79.9. The minimum Gasteiger partial charge on any atom is -0.312 e. The Kier molecular flexibility index (Phi) is 3.58. The molecule has 102 valence electrons. The van der Waals surface area contributed by atoms with Gasteiger partial charge in [0.2, 0.25) is 5.95 Å². The van der Waals surface area contributed by atoms with Crippen molar-refractivity contribution in [1.29, 1.82) is 0 Å². The summed E-state index contributed by atoms with van der Waals surface area (Å²) in [5.74, 6) is 0.693. The third-order valence-electron chi connectivity index (χ3n) is 2.80. The lowest BCUT2D eigenvalue weighted by molar-refractivity contribution is 0.815. The zero-order valence-electron chi connectivity index (χ0n) is 10.9. The SMILES string of the molecule is CSc1nc(N(C)c2cccnc2)n2ncc(Br)c2n1. The molecule has 0 aliphatic heterocycles. The van der Waals surface area contributed by atoms with Crippen LogP contribution in [0.15, 0.2) is 40.4 Å². The number of nitrogens with zero attached hydrogens (tertiary/aromatic N) is 6. The van der Waals surface area contributed by atoms with Crippen molar-refractivity contribution in [2.24, 2.45) is 0 Å². The Bertz CT molecular complexity index is 744. The van der Waals surface area contributed by atoms with Gasteiger partial charge in [0.05, 0.1) is 22.6 Å². The van der Waals surface area contributed by atoms with Gasteiger partial charge in [0.1, 0.15) is 0 Å². The van der Waals surface area contributed by atoms with E-state index < -0.39 is 0 Å². The fourth-order valence-corrected chi connectivity index (χ4v) is 2.49. The molecule has 3 aromatic heterocycles. The molecule has 0 radical (unpaired) electrons. The molecular formula is C12H11BrN6S. The predicted molar refractivity (Wildman–Crippen MR) is 82.6 cm³/mol. The van der Waals surface area contributed by atoms with E-state index in [0.717, 1.165) is 15.8 Å². The Balaban J connectivity index is 2.19. The molecule has 8 heteroatoms. The first kappa shape index (κ1) is 13.3. The third kappa shape index (κ3) is 2.25. The lowest BCUT2D eigenvalue weighted by Crippen LogP contribution is -2.17. The molecule has 0 saturated carbocycles. The van der Waals surface area contributed by atoms with Gasteiger partial charge in [-0.2, -0.15) is 14.6 Å². The van der Waals surface area contributed by atoms with Crippen LogP contribution in [-0.4, -0.2) is 37.9 Å². The minimum absolute atomic E-state index is 0.693. The Hall–Kier alpha value is -1.67. The van der Waals surface area contributed by atoms with Crippen molar-refractivity contribution in [3.05, 3.63) is 35.2 Å². The maximum absolute atomic E-state index is 4.54. The molecule has 0 aliphatic rings. The zero-order chi connectivity index (χ0) is 14.1. The van der Waals surface area contributed by atoms with Crippen LogP contribution in [-0.2, 0) is 0 Å². The number of hydrogen-bond acceptors (Lipinski definition) is 6. The van der Waals surface area contributed by atoms with E-state index in [9.17, 15) is 0 Å². The lowest BCUT2D eigenvalue weighted by Gasteiger charge is -2.18. The molecule has 0 N–H and O–H groups in total. The molecule has 0 aliphatic carbocycles. The maximum atomic E-state index is 4.54. The second-order valence-corrected chi connectivity index (χ2v) is 5.64. The van der Waals surface area contributed by atoms with Crippen LogP contribution in [0.1, 0.15) is 0 Å². The van der Waals surface area contributed by atoms with E-state index in [4.69, 9.17) is 0 Å². The van der Waals surface area contributed by atoms with Crippen LogP contribution in [0.4, 0.5) is 11.6 Å². The Labute approximate surface area is 128 Å². The van der Waals surface area contributed by atoms with E-state index >= 15 is 0 Å². The first-order valence-corrected chi connectivity index (χ1v) is 7.81. The summed E-state index contributed by atoms with van der Waals surface area (Å²) in [4.78, 5) is 15.1. The minimum atomic E-state index is 0.693. The molecule has 0 bridgehead atoms. The fourth-order valence-electron chi connectivity index (χ4n) is 1.79. The van der Waals surface area contributed by atoms with E-state index in [1.807, 2.05) is 30.3 Å². The van der Waals surface area contributed by atoms with Gasteiger partial charge >= 0.3 is 0 Å². The van der Waals surface area contributed by atoms with Crippen LogP contribution in [0.5, 0.6) is 0 Å². The summed E-state index contributed by atoms with van der Waals surface area (Å²) in [6.07, 6.45) is 7.19. The summed E-state index contributed by atoms with van der Waals surface area (Å²) in [6.45, 7) is 0. The van der Waals surface area contributed by atoms with E-state index in [0.29, 0.717) is 11.1 Å². The first-order valence-electron chi connectivity index (χ1n) is 5.79. The first-order chi connectivity index (χ1) is 9.70. The van der Waals surface area contributed by atoms with E-state index in [1.165, 1.54) is 11.8 Å². The number of rotatable bonds is 3. The highest BCUT2D eigenvalue weighted by molar-refractivity contribution is 9.10. The topological polar surface area (TPSA) is 59.2 Å². The van der Waals surface area contributed by atoms with Crippen LogP contribution in [0.25, 0.3) is 5.65 Å². The van der Waals surface area contributed by atoms with Crippen LogP contribution in [0.2, 0.25) is 0 Å². The molecule has 0 fully saturated rings. The zero-order valence-corrected chi connectivity index (χ0v) is 13.3. The Morgan fingerprint density at radius 2 is 2.15 bits per heavy atom. The van der Waals surface area contributed by atoms with Crippen LogP contribution in [0.3, 0.4) is 0 Å². The van der Waals surface area contributed by atoms with E-state index in [2.05, 4.69) is 36.0 Å². The molecule has 0 unspecified atom stereocenters. The summed E-state index contributed by atoms with van der Waals surface area (Å²) < 4.78 is 2.55. The van der Waals surface area contributed by atoms with Gasteiger partial charge in [-0.1, -0.05) is 11.8 Å². The Morgan fingerprint density at radius 1 is 1.30 bits per heavy atom. The quantitative estimate of drug-likeness (QED) is 0.677. The highest BCUT2D eigenvalue weighted by Gasteiger charge is 2.15. The van der Waals surface area contributed by atoms with Crippen LogP contribution < -0.4 is 4.90 Å². The second-order valence-electron chi connectivity index (χ2n) is 4.01. The molecule has 0 aromatic carbocycles. The van der Waals surface area contributed by atoms with E-state index in [-0.39, 0.29) is 0 Å². The van der Waals surface area contributed by atoms with Crippen molar-refractivity contribution < 1.29 is 0 Å². The number of pyridine rings is 1. The van der Waals surface area contributed by atoms with Gasteiger partial charge in [-0.3, -0.25) is 4.98 Å². The number of fused-ring (bicyclic) bond motifs is 1. The smallest absolute Gasteiger partial charge is 0.235 e. The van der Waals surface area contributed by atoms with Crippen molar-refractivity contribution in [3.8, 4) is 0 Å². The summed E-state index contributed by atoms with van der Waals surface area (Å²) in [7, 11) is 1.93. The summed E-state index contributed by atoms with van der Waals surface area (Å²) >= 11 is 4.95. The van der Waals surface area contributed by atoms with Crippen molar-refractivity contribution in [2.75, 3.05) is 18.2 Å². The molecule has 6 nitrogen and oxygen atoms in total. The standard InChI is InChI=1S/C12H11BrN6S/c1-18(8-4-3-5-14-6-8)12-17-11(20-2)16-10-9(13)7-15-19(10)12/h3-7H,1-2H3. The summed E-state index contributed by atoms with van der Waals surface area (Å²) in [5.41, 5.74) is 1.68. The maximum Gasteiger partial charge on any atom is 0.235 e. The van der Waals surface area contributed by atoms with Gasteiger partial charge in [0, 0.05) is 13.2 Å². The summed E-state index contributed by atoms with van der Waals surface area (Å²) in [6, 6.07) is 3.86. The van der Waals surface area contributed by atoms with Crippen molar-refractivity contribution in [3.63, 3.8) is 0 Å². The second kappa shape index (κ2) is 5.37. The van der Waals surface area contributed by atoms with Crippen molar-refractivity contribution in [2.45, 2.75) is 5.16 Å². The summed E-state index contributed by atoms with van der Waals surface area (Å²) in [5, 5.41) is 5.01. The van der Waals surface area contributed by atoms with Crippen molar-refractivity contribution in [1.82, 2.24) is 24.6 Å². The molecule has 0 atom stereocenters. The number of hydrogen-bond donors (Lipinski definition) is 0. The van der Waals surface area contributed by atoms with Gasteiger partial charge in [0.15, 0.2) is 10.8 Å². The Morgan fingerprint density at radius 3 is 2.85 bits per heavy atom.